The van der Waals surface area contributed by atoms with Crippen LogP contribution < -0.4 is 0 Å². The zero-order valence-electron chi connectivity index (χ0n) is 13.9. The minimum atomic E-state index is -0.318. The molecule has 1 rings (SSSR count). The van der Waals surface area contributed by atoms with Crippen LogP contribution in [0.3, 0.4) is 0 Å². The van der Waals surface area contributed by atoms with E-state index in [1.54, 1.807) is 0 Å². The van der Waals surface area contributed by atoms with E-state index in [1.807, 2.05) is 46.9 Å². The van der Waals surface area contributed by atoms with Crippen LogP contribution in [-0.4, -0.2) is 49.7 Å². The van der Waals surface area contributed by atoms with Crippen LogP contribution in [-0.2, 0) is 19.1 Å². The van der Waals surface area contributed by atoms with E-state index in [2.05, 4.69) is 9.64 Å². The molecular weight excluding hydrogens is 270 g/mol. The van der Waals surface area contributed by atoms with Gasteiger partial charge in [0.05, 0.1) is 5.92 Å². The third-order valence-corrected chi connectivity index (χ3v) is 2.92. The summed E-state index contributed by atoms with van der Waals surface area (Å²) in [4.78, 5) is 23.3. The maximum Gasteiger partial charge on any atom is 0.310 e. The fourth-order valence-corrected chi connectivity index (χ4v) is 1.85. The number of nitrogens with zero attached hydrogens (tertiary/aromatic N) is 1. The van der Waals surface area contributed by atoms with Crippen molar-refractivity contribution in [1.82, 2.24) is 4.90 Å². The van der Waals surface area contributed by atoms with Gasteiger partial charge < -0.3 is 14.4 Å². The van der Waals surface area contributed by atoms with Crippen LogP contribution in [0.5, 0.6) is 0 Å². The molecule has 0 radical (unpaired) electrons. The monoisotopic (exact) mass is 299 g/mol. The topological polar surface area (TPSA) is 55.8 Å². The van der Waals surface area contributed by atoms with Gasteiger partial charge in [-0.1, -0.05) is 12.2 Å². The predicted octanol–water partition coefficient (Wildman–Crippen LogP) is 2.41. The lowest BCUT2D eigenvalue weighted by molar-refractivity contribution is -0.149. The smallest absolute Gasteiger partial charge is 0.310 e. The summed E-state index contributed by atoms with van der Waals surface area (Å²) in [5.74, 6) is 0.0358. The number of allylic oxidation sites excluding steroid dienone is 1. The molecule has 0 bridgehead atoms. The van der Waals surface area contributed by atoms with Gasteiger partial charge in [-0.05, 0) is 54.1 Å². The molecule has 0 N–H and O–H groups in total. The Morgan fingerprint density at radius 2 is 2.05 bits per heavy atom. The Hall–Kier alpha value is -1.36. The van der Waals surface area contributed by atoms with E-state index in [9.17, 15) is 9.59 Å². The fraction of sp³-hybridized carbons (Fsp3) is 0.750. The van der Waals surface area contributed by atoms with Crippen molar-refractivity contribution in [2.75, 3.05) is 26.7 Å². The molecule has 1 unspecified atom stereocenters. The largest absolute Gasteiger partial charge is 0.462 e. The second-order valence-corrected chi connectivity index (χ2v) is 6.13. The Bertz CT molecular complexity index is 334. The van der Waals surface area contributed by atoms with Gasteiger partial charge >= 0.3 is 5.97 Å². The third-order valence-electron chi connectivity index (χ3n) is 2.92. The van der Waals surface area contributed by atoms with E-state index < -0.39 is 0 Å². The quantitative estimate of drug-likeness (QED) is 0.453. The summed E-state index contributed by atoms with van der Waals surface area (Å²) in [7, 11) is 2.05. The number of esters is 1. The number of carbonyl (C=O) groups is 2. The summed E-state index contributed by atoms with van der Waals surface area (Å²) in [6.45, 7) is 10.2. The highest BCUT2D eigenvalue weighted by atomic mass is 16.5. The van der Waals surface area contributed by atoms with E-state index in [0.717, 1.165) is 25.9 Å². The highest BCUT2D eigenvalue weighted by molar-refractivity contribution is 5.72. The summed E-state index contributed by atoms with van der Waals surface area (Å²) in [5.41, 5.74) is -0.318. The van der Waals surface area contributed by atoms with Crippen LogP contribution in [0.4, 0.5) is 0 Å². The maximum atomic E-state index is 11.5. The second kappa shape index (κ2) is 10.4. The van der Waals surface area contributed by atoms with Gasteiger partial charge in [-0.15, -0.1) is 0 Å². The molecule has 1 atom stereocenters. The van der Waals surface area contributed by atoms with Crippen LogP contribution >= 0.6 is 0 Å². The SMILES string of the molecule is C/C=C/COC(=O)C1CCCN(C)C1.CC(C)(C)OC=O. The van der Waals surface area contributed by atoms with Gasteiger partial charge in [0, 0.05) is 6.54 Å². The lowest BCUT2D eigenvalue weighted by Crippen LogP contribution is -2.36. The van der Waals surface area contributed by atoms with Gasteiger partial charge in [0.25, 0.3) is 6.47 Å². The number of piperidine rings is 1. The minimum absolute atomic E-state index is 0.0466. The van der Waals surface area contributed by atoms with Crippen molar-refractivity contribution in [2.24, 2.45) is 5.92 Å². The Kier molecular flexibility index (Phi) is 9.71. The number of hydrogen-bond acceptors (Lipinski definition) is 5. The van der Waals surface area contributed by atoms with Gasteiger partial charge in [-0.25, -0.2) is 0 Å². The van der Waals surface area contributed by atoms with E-state index in [-0.39, 0.29) is 17.5 Å². The highest BCUT2D eigenvalue weighted by Gasteiger charge is 2.24. The zero-order chi connectivity index (χ0) is 16.3. The van der Waals surface area contributed by atoms with Crippen molar-refractivity contribution < 1.29 is 19.1 Å². The molecule has 1 fully saturated rings. The molecular formula is C16H29NO4. The molecule has 122 valence electrons. The Labute approximate surface area is 128 Å². The molecule has 1 saturated heterocycles. The normalized spacial score (nSPS) is 19.6. The molecule has 0 amide bonds. The van der Waals surface area contributed by atoms with Crippen molar-refractivity contribution in [2.45, 2.75) is 46.1 Å². The molecule has 5 nitrogen and oxygen atoms in total. The Morgan fingerprint density at radius 3 is 2.48 bits per heavy atom. The van der Waals surface area contributed by atoms with Crippen molar-refractivity contribution in [3.05, 3.63) is 12.2 Å². The molecule has 0 aromatic heterocycles. The van der Waals surface area contributed by atoms with Crippen molar-refractivity contribution in [1.29, 1.82) is 0 Å². The molecule has 0 spiro atoms. The number of hydrogen-bond donors (Lipinski definition) is 0. The summed E-state index contributed by atoms with van der Waals surface area (Å²) in [6.07, 6.45) is 5.81. The molecule has 1 aliphatic rings. The summed E-state index contributed by atoms with van der Waals surface area (Å²) < 4.78 is 9.67. The van der Waals surface area contributed by atoms with Gasteiger partial charge in [0.1, 0.15) is 12.2 Å². The first kappa shape index (κ1) is 19.6. The average Bonchev–Trinajstić information content (AvgIpc) is 2.38. The number of ether oxygens (including phenoxy) is 2. The van der Waals surface area contributed by atoms with E-state index >= 15 is 0 Å². The van der Waals surface area contributed by atoms with Gasteiger partial charge in [0.15, 0.2) is 0 Å². The molecule has 0 aliphatic carbocycles. The van der Waals surface area contributed by atoms with Gasteiger partial charge in [-0.2, -0.15) is 0 Å². The summed E-state index contributed by atoms with van der Waals surface area (Å²) in [6, 6.07) is 0. The Balaban J connectivity index is 0.000000486. The van der Waals surface area contributed by atoms with Crippen molar-refractivity contribution >= 4 is 12.4 Å². The van der Waals surface area contributed by atoms with Crippen LogP contribution in [0.25, 0.3) is 0 Å². The standard InChI is InChI=1S/C11H19NO2.C5H10O2/c1-3-4-8-14-11(13)10-6-5-7-12(2)9-10;1-5(2,3)7-4-6/h3-4,10H,5-9H2,1-2H3;4H,1-3H3/b4-3+;. The Morgan fingerprint density at radius 1 is 1.38 bits per heavy atom. The van der Waals surface area contributed by atoms with Crippen molar-refractivity contribution in [3.63, 3.8) is 0 Å². The molecule has 0 saturated carbocycles. The van der Waals surface area contributed by atoms with E-state index in [0.29, 0.717) is 13.1 Å². The van der Waals surface area contributed by atoms with Crippen LogP contribution in [0.1, 0.15) is 40.5 Å². The van der Waals surface area contributed by atoms with Gasteiger partial charge in [-0.3, -0.25) is 9.59 Å². The number of carbonyl (C=O) groups excluding carboxylic acids is 2. The highest BCUT2D eigenvalue weighted by Crippen LogP contribution is 2.16. The lowest BCUT2D eigenvalue weighted by Gasteiger charge is -2.27. The first-order chi connectivity index (χ1) is 9.80. The minimum Gasteiger partial charge on any atom is -0.462 e. The molecule has 5 heteroatoms. The molecule has 1 heterocycles. The second-order valence-electron chi connectivity index (χ2n) is 6.13. The fourth-order valence-electron chi connectivity index (χ4n) is 1.85. The predicted molar refractivity (Wildman–Crippen MR) is 82.9 cm³/mol. The zero-order valence-corrected chi connectivity index (χ0v) is 13.9. The molecule has 0 aromatic rings. The third kappa shape index (κ3) is 11.0. The summed E-state index contributed by atoms with van der Waals surface area (Å²) in [5, 5.41) is 0. The molecule has 1 aliphatic heterocycles. The lowest BCUT2D eigenvalue weighted by atomic mass is 9.99. The van der Waals surface area contributed by atoms with Crippen LogP contribution in [0.15, 0.2) is 12.2 Å². The average molecular weight is 299 g/mol. The number of likely N-dealkylation sites (tertiary alicyclic amines) is 1. The maximum absolute atomic E-state index is 11.5. The van der Waals surface area contributed by atoms with Crippen LogP contribution in [0, 0.1) is 5.92 Å². The van der Waals surface area contributed by atoms with Gasteiger partial charge in [0.2, 0.25) is 0 Å². The van der Waals surface area contributed by atoms with Crippen LogP contribution in [0.2, 0.25) is 0 Å². The number of rotatable bonds is 4. The molecule has 21 heavy (non-hydrogen) atoms. The summed E-state index contributed by atoms with van der Waals surface area (Å²) >= 11 is 0. The first-order valence-electron chi connectivity index (χ1n) is 7.38. The van der Waals surface area contributed by atoms with E-state index in [1.165, 1.54) is 0 Å². The first-order valence-corrected chi connectivity index (χ1v) is 7.38. The molecule has 0 aromatic carbocycles. The van der Waals surface area contributed by atoms with Crippen molar-refractivity contribution in [3.8, 4) is 0 Å². The van der Waals surface area contributed by atoms with E-state index in [4.69, 9.17) is 4.74 Å².